The first kappa shape index (κ1) is 10.1. The van der Waals surface area contributed by atoms with E-state index in [1.807, 2.05) is 18.2 Å². The van der Waals surface area contributed by atoms with Gasteiger partial charge in [-0.05, 0) is 24.3 Å². The Morgan fingerprint density at radius 2 is 2.29 bits per heavy atom. The average Bonchev–Trinajstić information content (AvgIpc) is 2.38. The molecule has 0 spiro atoms. The van der Waals surface area contributed by atoms with E-state index >= 15 is 0 Å². The molecule has 0 bridgehead atoms. The highest BCUT2D eigenvalue weighted by Crippen LogP contribution is 2.30. The van der Waals surface area contributed by atoms with Crippen LogP contribution in [0.4, 0.5) is 0 Å². The monoisotopic (exact) mass is 228 g/mol. The smallest absolute Gasteiger partial charge is 0.333 e. The van der Waals surface area contributed by atoms with E-state index in [0.717, 1.165) is 29.9 Å². The van der Waals surface area contributed by atoms with Crippen LogP contribution in [-0.2, 0) is 11.2 Å². The molecule has 3 heterocycles. The number of aliphatic carboxylic acids is 1. The van der Waals surface area contributed by atoms with Crippen molar-refractivity contribution in [2.75, 3.05) is 13.1 Å². The van der Waals surface area contributed by atoms with E-state index in [9.17, 15) is 4.79 Å². The predicted molar refractivity (Wildman–Crippen MR) is 63.2 cm³/mol. The molecule has 1 aromatic heterocycles. The summed E-state index contributed by atoms with van der Waals surface area (Å²) in [5.41, 5.74) is 3.76. The van der Waals surface area contributed by atoms with E-state index in [2.05, 4.69) is 9.88 Å². The fraction of sp³-hybridized carbons (Fsp3) is 0.231. The van der Waals surface area contributed by atoms with Crippen LogP contribution >= 0.6 is 0 Å². The third-order valence-electron chi connectivity index (χ3n) is 3.20. The normalized spacial score (nSPS) is 17.8. The lowest BCUT2D eigenvalue weighted by molar-refractivity contribution is -0.132. The van der Waals surface area contributed by atoms with Crippen LogP contribution in [0.15, 0.2) is 36.1 Å². The minimum atomic E-state index is -0.836. The number of carboxylic acids is 1. The van der Waals surface area contributed by atoms with Crippen molar-refractivity contribution in [3.63, 3.8) is 0 Å². The van der Waals surface area contributed by atoms with Crippen LogP contribution < -0.4 is 0 Å². The molecule has 0 atom stereocenters. The molecule has 2 aliphatic heterocycles. The van der Waals surface area contributed by atoms with E-state index in [4.69, 9.17) is 5.11 Å². The van der Waals surface area contributed by atoms with Gasteiger partial charge in [-0.25, -0.2) is 4.79 Å². The molecule has 0 amide bonds. The number of hydrogen-bond acceptors (Lipinski definition) is 3. The second kappa shape index (κ2) is 3.73. The van der Waals surface area contributed by atoms with Crippen molar-refractivity contribution in [2.24, 2.45) is 0 Å². The predicted octanol–water partition coefficient (Wildman–Crippen LogP) is 1.31. The fourth-order valence-electron chi connectivity index (χ4n) is 2.34. The number of fused-ring (bicyclic) bond motifs is 3. The Labute approximate surface area is 98.9 Å². The molecule has 0 fully saturated rings. The molecule has 1 aromatic rings. The highest BCUT2D eigenvalue weighted by Gasteiger charge is 2.25. The molecule has 3 rings (SSSR count). The van der Waals surface area contributed by atoms with Crippen molar-refractivity contribution >= 4 is 11.7 Å². The van der Waals surface area contributed by atoms with Crippen LogP contribution in [0.3, 0.4) is 0 Å². The summed E-state index contributed by atoms with van der Waals surface area (Å²) in [5, 5.41) is 8.99. The minimum absolute atomic E-state index is 0.445. The topological polar surface area (TPSA) is 53.4 Å². The molecule has 2 aliphatic rings. The Kier molecular flexibility index (Phi) is 2.21. The third-order valence-corrected chi connectivity index (χ3v) is 3.20. The molecule has 0 aromatic carbocycles. The van der Waals surface area contributed by atoms with Crippen LogP contribution in [0.5, 0.6) is 0 Å². The zero-order valence-corrected chi connectivity index (χ0v) is 9.26. The second-order valence-electron chi connectivity index (χ2n) is 4.22. The molecule has 0 saturated heterocycles. The number of carbonyl (C=O) groups is 1. The summed E-state index contributed by atoms with van der Waals surface area (Å²) in [6.45, 7) is 1.32. The van der Waals surface area contributed by atoms with Gasteiger partial charge in [-0.3, -0.25) is 4.98 Å². The molecule has 4 nitrogen and oxygen atoms in total. The minimum Gasteiger partial charge on any atom is -0.478 e. The summed E-state index contributed by atoms with van der Waals surface area (Å²) in [6, 6.07) is 3.96. The highest BCUT2D eigenvalue weighted by atomic mass is 16.4. The summed E-state index contributed by atoms with van der Waals surface area (Å²) in [6.07, 6.45) is 6.25. The van der Waals surface area contributed by atoms with Gasteiger partial charge in [0.25, 0.3) is 0 Å². The fourth-order valence-corrected chi connectivity index (χ4v) is 2.34. The molecular weight excluding hydrogens is 216 g/mol. The first-order chi connectivity index (χ1) is 8.25. The van der Waals surface area contributed by atoms with Crippen molar-refractivity contribution in [1.29, 1.82) is 0 Å². The van der Waals surface area contributed by atoms with Gasteiger partial charge in [-0.15, -0.1) is 0 Å². The van der Waals surface area contributed by atoms with E-state index in [-0.39, 0.29) is 0 Å². The van der Waals surface area contributed by atoms with Crippen LogP contribution in [0.2, 0.25) is 0 Å². The zero-order chi connectivity index (χ0) is 11.8. The number of nitrogens with zero attached hydrogens (tertiary/aromatic N) is 2. The largest absolute Gasteiger partial charge is 0.478 e. The van der Waals surface area contributed by atoms with Gasteiger partial charge in [0, 0.05) is 30.4 Å². The SMILES string of the molecule is O=C(O)C1=CC=C2c3cccnc3CCN2C1. The van der Waals surface area contributed by atoms with E-state index in [1.165, 1.54) is 0 Å². The van der Waals surface area contributed by atoms with Crippen molar-refractivity contribution in [1.82, 2.24) is 9.88 Å². The average molecular weight is 228 g/mol. The summed E-state index contributed by atoms with van der Waals surface area (Å²) in [7, 11) is 0. The van der Waals surface area contributed by atoms with Gasteiger partial charge in [-0.2, -0.15) is 0 Å². The Bertz CT molecular complexity index is 546. The van der Waals surface area contributed by atoms with Crippen molar-refractivity contribution < 1.29 is 9.90 Å². The maximum Gasteiger partial charge on any atom is 0.333 e. The van der Waals surface area contributed by atoms with E-state index in [1.54, 1.807) is 12.3 Å². The second-order valence-corrected chi connectivity index (χ2v) is 4.22. The number of aromatic nitrogens is 1. The number of hydrogen-bond donors (Lipinski definition) is 1. The van der Waals surface area contributed by atoms with Crippen molar-refractivity contribution in [2.45, 2.75) is 6.42 Å². The Hall–Kier alpha value is -2.10. The van der Waals surface area contributed by atoms with Gasteiger partial charge >= 0.3 is 5.97 Å². The van der Waals surface area contributed by atoms with Crippen LogP contribution in [0, 0.1) is 0 Å². The van der Waals surface area contributed by atoms with Gasteiger partial charge in [0.05, 0.1) is 17.8 Å². The molecule has 86 valence electrons. The number of allylic oxidation sites excluding steroid dienone is 2. The summed E-state index contributed by atoms with van der Waals surface area (Å²) < 4.78 is 0. The van der Waals surface area contributed by atoms with Gasteiger partial charge in [0.2, 0.25) is 0 Å². The lowest BCUT2D eigenvalue weighted by atomic mass is 9.97. The Morgan fingerprint density at radius 1 is 1.41 bits per heavy atom. The molecular formula is C13H12N2O2. The molecule has 0 radical (unpaired) electrons. The number of rotatable bonds is 1. The molecule has 0 saturated carbocycles. The molecule has 17 heavy (non-hydrogen) atoms. The van der Waals surface area contributed by atoms with E-state index < -0.39 is 5.97 Å². The van der Waals surface area contributed by atoms with Crippen LogP contribution in [-0.4, -0.2) is 34.0 Å². The van der Waals surface area contributed by atoms with Gasteiger partial charge in [-0.1, -0.05) is 0 Å². The van der Waals surface area contributed by atoms with Gasteiger partial charge in [0.1, 0.15) is 0 Å². The molecule has 1 N–H and O–H groups in total. The molecule has 0 unspecified atom stereocenters. The van der Waals surface area contributed by atoms with Crippen molar-refractivity contribution in [3.8, 4) is 0 Å². The Morgan fingerprint density at radius 3 is 3.12 bits per heavy atom. The quantitative estimate of drug-likeness (QED) is 0.787. The third kappa shape index (κ3) is 1.62. The lowest BCUT2D eigenvalue weighted by Crippen LogP contribution is -2.34. The number of carboxylic acid groups (broad SMARTS) is 1. The molecule has 0 aliphatic carbocycles. The first-order valence-electron chi connectivity index (χ1n) is 5.59. The van der Waals surface area contributed by atoms with Crippen LogP contribution in [0.1, 0.15) is 11.3 Å². The molecule has 4 heteroatoms. The van der Waals surface area contributed by atoms with Crippen molar-refractivity contribution in [3.05, 3.63) is 47.3 Å². The first-order valence-corrected chi connectivity index (χ1v) is 5.59. The zero-order valence-electron chi connectivity index (χ0n) is 9.26. The maximum atomic E-state index is 10.9. The van der Waals surface area contributed by atoms with Crippen LogP contribution in [0.25, 0.3) is 5.70 Å². The maximum absolute atomic E-state index is 10.9. The van der Waals surface area contributed by atoms with Gasteiger partial charge in [0.15, 0.2) is 0 Å². The van der Waals surface area contributed by atoms with Gasteiger partial charge < -0.3 is 10.0 Å². The Balaban J connectivity index is 2.06. The number of pyridine rings is 1. The van der Waals surface area contributed by atoms with E-state index in [0.29, 0.717) is 12.1 Å². The lowest BCUT2D eigenvalue weighted by Gasteiger charge is -2.34. The summed E-state index contributed by atoms with van der Waals surface area (Å²) in [5.74, 6) is -0.836. The standard InChI is InChI=1S/C13H12N2O2/c16-13(17)9-3-4-12-10-2-1-6-14-11(10)5-7-15(12)8-9/h1-4,6H,5,7-8H2,(H,16,17). The summed E-state index contributed by atoms with van der Waals surface area (Å²) in [4.78, 5) is 17.4. The highest BCUT2D eigenvalue weighted by molar-refractivity contribution is 5.89. The summed E-state index contributed by atoms with van der Waals surface area (Å²) >= 11 is 0.